The molecule has 4 nitrogen and oxygen atoms in total. The van der Waals surface area contributed by atoms with Gasteiger partial charge in [0, 0.05) is 18.2 Å². The molecule has 0 saturated heterocycles. The van der Waals surface area contributed by atoms with Crippen molar-refractivity contribution in [3.63, 3.8) is 0 Å². The Balaban J connectivity index is 2.52. The summed E-state index contributed by atoms with van der Waals surface area (Å²) in [6.07, 6.45) is 1.16. The fraction of sp³-hybridized carbons (Fsp3) is 0.364. The molecular formula is C11H16N2O2. The zero-order valence-electron chi connectivity index (χ0n) is 8.82. The van der Waals surface area contributed by atoms with E-state index in [1.54, 1.807) is 13.2 Å². The molecule has 0 aliphatic heterocycles. The standard InChI is InChI=1S/C11H16N2O2/c1-15-10-5-2-4-9(8-10)13-11(14)6-3-7-12/h2,4-5,8H,3,6-7,12H2,1H3,(H,13,14). The largest absolute Gasteiger partial charge is 0.497 e. The van der Waals surface area contributed by atoms with Gasteiger partial charge >= 0.3 is 0 Å². The predicted octanol–water partition coefficient (Wildman–Crippen LogP) is 1.37. The molecule has 0 aromatic heterocycles. The molecule has 0 heterocycles. The quantitative estimate of drug-likeness (QED) is 0.768. The Labute approximate surface area is 89.4 Å². The van der Waals surface area contributed by atoms with Crippen LogP contribution in [-0.4, -0.2) is 19.6 Å². The molecule has 0 atom stereocenters. The molecule has 0 aliphatic carbocycles. The molecule has 1 amide bonds. The van der Waals surface area contributed by atoms with Gasteiger partial charge in [-0.25, -0.2) is 0 Å². The van der Waals surface area contributed by atoms with Gasteiger partial charge in [0.1, 0.15) is 5.75 Å². The van der Waals surface area contributed by atoms with Crippen LogP contribution < -0.4 is 15.8 Å². The summed E-state index contributed by atoms with van der Waals surface area (Å²) in [7, 11) is 1.59. The van der Waals surface area contributed by atoms with E-state index in [0.717, 1.165) is 11.4 Å². The van der Waals surface area contributed by atoms with E-state index in [2.05, 4.69) is 5.32 Å². The SMILES string of the molecule is COc1cccc(NC(=O)CCCN)c1. The maximum Gasteiger partial charge on any atom is 0.224 e. The second-order valence-electron chi connectivity index (χ2n) is 3.17. The molecule has 1 aromatic carbocycles. The van der Waals surface area contributed by atoms with Gasteiger partial charge in [0.05, 0.1) is 7.11 Å². The Morgan fingerprint density at radius 1 is 1.53 bits per heavy atom. The Morgan fingerprint density at radius 3 is 3.00 bits per heavy atom. The predicted molar refractivity (Wildman–Crippen MR) is 59.9 cm³/mol. The van der Waals surface area contributed by atoms with Crippen LogP contribution in [0, 0.1) is 0 Å². The molecule has 0 radical (unpaired) electrons. The summed E-state index contributed by atoms with van der Waals surface area (Å²) in [6, 6.07) is 7.26. The highest BCUT2D eigenvalue weighted by molar-refractivity contribution is 5.90. The normalized spacial score (nSPS) is 9.73. The first-order chi connectivity index (χ1) is 7.26. The fourth-order valence-electron chi connectivity index (χ4n) is 1.19. The van der Waals surface area contributed by atoms with Crippen LogP contribution in [-0.2, 0) is 4.79 Å². The van der Waals surface area contributed by atoms with Crippen LogP contribution in [0.2, 0.25) is 0 Å². The molecule has 0 aliphatic rings. The molecule has 1 aromatic rings. The number of ether oxygens (including phenoxy) is 1. The number of anilines is 1. The Kier molecular flexibility index (Phi) is 4.63. The third-order valence-corrected chi connectivity index (χ3v) is 1.96. The first kappa shape index (κ1) is 11.5. The van der Waals surface area contributed by atoms with Crippen LogP contribution in [0.5, 0.6) is 5.75 Å². The summed E-state index contributed by atoms with van der Waals surface area (Å²) >= 11 is 0. The first-order valence-electron chi connectivity index (χ1n) is 4.90. The lowest BCUT2D eigenvalue weighted by molar-refractivity contribution is -0.116. The minimum Gasteiger partial charge on any atom is -0.497 e. The molecule has 0 spiro atoms. The van der Waals surface area contributed by atoms with E-state index in [9.17, 15) is 4.79 Å². The van der Waals surface area contributed by atoms with E-state index in [1.807, 2.05) is 18.2 Å². The zero-order valence-corrected chi connectivity index (χ0v) is 8.82. The van der Waals surface area contributed by atoms with Crippen molar-refractivity contribution in [1.82, 2.24) is 0 Å². The minimum atomic E-state index is -0.0197. The number of nitrogens with two attached hydrogens (primary N) is 1. The van der Waals surface area contributed by atoms with Gasteiger partial charge in [-0.15, -0.1) is 0 Å². The van der Waals surface area contributed by atoms with Crippen LogP contribution in [0.1, 0.15) is 12.8 Å². The average Bonchev–Trinajstić information content (AvgIpc) is 2.26. The van der Waals surface area contributed by atoms with E-state index >= 15 is 0 Å². The maximum absolute atomic E-state index is 11.4. The van der Waals surface area contributed by atoms with Crippen molar-refractivity contribution >= 4 is 11.6 Å². The van der Waals surface area contributed by atoms with Crippen LogP contribution in [0.4, 0.5) is 5.69 Å². The Morgan fingerprint density at radius 2 is 2.33 bits per heavy atom. The molecule has 0 bridgehead atoms. The van der Waals surface area contributed by atoms with Gasteiger partial charge in [0.2, 0.25) is 5.91 Å². The highest BCUT2D eigenvalue weighted by Gasteiger charge is 2.01. The molecule has 1 rings (SSSR count). The highest BCUT2D eigenvalue weighted by Crippen LogP contribution is 2.16. The van der Waals surface area contributed by atoms with Crippen molar-refractivity contribution in [3.8, 4) is 5.75 Å². The van der Waals surface area contributed by atoms with Crippen molar-refractivity contribution < 1.29 is 9.53 Å². The number of amides is 1. The van der Waals surface area contributed by atoms with Crippen LogP contribution >= 0.6 is 0 Å². The summed E-state index contributed by atoms with van der Waals surface area (Å²) < 4.78 is 5.05. The van der Waals surface area contributed by atoms with E-state index in [0.29, 0.717) is 19.4 Å². The molecule has 0 unspecified atom stereocenters. The lowest BCUT2D eigenvalue weighted by atomic mass is 10.2. The van der Waals surface area contributed by atoms with E-state index < -0.39 is 0 Å². The van der Waals surface area contributed by atoms with Crippen LogP contribution in [0.25, 0.3) is 0 Å². The van der Waals surface area contributed by atoms with Crippen molar-refractivity contribution in [2.45, 2.75) is 12.8 Å². The van der Waals surface area contributed by atoms with Crippen molar-refractivity contribution in [2.24, 2.45) is 5.73 Å². The summed E-state index contributed by atoms with van der Waals surface area (Å²) in [5.74, 6) is 0.709. The van der Waals surface area contributed by atoms with Crippen molar-refractivity contribution in [2.75, 3.05) is 19.0 Å². The smallest absolute Gasteiger partial charge is 0.224 e. The number of benzene rings is 1. The van der Waals surface area contributed by atoms with E-state index in [1.165, 1.54) is 0 Å². The third-order valence-electron chi connectivity index (χ3n) is 1.96. The van der Waals surface area contributed by atoms with Gasteiger partial charge in [-0.3, -0.25) is 4.79 Å². The van der Waals surface area contributed by atoms with Gasteiger partial charge < -0.3 is 15.8 Å². The molecule has 3 N–H and O–H groups in total. The molecule has 4 heteroatoms. The monoisotopic (exact) mass is 208 g/mol. The lowest BCUT2D eigenvalue weighted by Crippen LogP contribution is -2.13. The summed E-state index contributed by atoms with van der Waals surface area (Å²) in [4.78, 5) is 11.4. The number of rotatable bonds is 5. The number of methoxy groups -OCH3 is 1. The van der Waals surface area contributed by atoms with E-state index in [4.69, 9.17) is 10.5 Å². The number of carbonyl (C=O) groups is 1. The Hall–Kier alpha value is -1.55. The van der Waals surface area contributed by atoms with E-state index in [-0.39, 0.29) is 5.91 Å². The van der Waals surface area contributed by atoms with Gasteiger partial charge in [-0.1, -0.05) is 6.07 Å². The third kappa shape index (κ3) is 3.99. The molecule has 0 fully saturated rings. The highest BCUT2D eigenvalue weighted by atomic mass is 16.5. The molecule has 82 valence electrons. The average molecular weight is 208 g/mol. The van der Waals surface area contributed by atoms with Crippen molar-refractivity contribution in [1.29, 1.82) is 0 Å². The maximum atomic E-state index is 11.4. The summed E-state index contributed by atoms with van der Waals surface area (Å²) in [6.45, 7) is 0.533. The van der Waals surface area contributed by atoms with Crippen LogP contribution in [0.3, 0.4) is 0 Å². The number of nitrogens with one attached hydrogen (secondary N) is 1. The second-order valence-corrected chi connectivity index (χ2v) is 3.17. The van der Waals surface area contributed by atoms with Gasteiger partial charge in [-0.2, -0.15) is 0 Å². The zero-order chi connectivity index (χ0) is 11.1. The summed E-state index contributed by atoms with van der Waals surface area (Å²) in [5.41, 5.74) is 6.06. The van der Waals surface area contributed by atoms with Gasteiger partial charge in [0.25, 0.3) is 0 Å². The molecule has 15 heavy (non-hydrogen) atoms. The molecular weight excluding hydrogens is 192 g/mol. The number of hydrogen-bond acceptors (Lipinski definition) is 3. The fourth-order valence-corrected chi connectivity index (χ4v) is 1.19. The lowest BCUT2D eigenvalue weighted by Gasteiger charge is -2.06. The van der Waals surface area contributed by atoms with Crippen molar-refractivity contribution in [3.05, 3.63) is 24.3 Å². The molecule has 0 saturated carbocycles. The second kappa shape index (κ2) is 6.03. The number of carbonyl (C=O) groups excluding carboxylic acids is 1. The number of hydrogen-bond donors (Lipinski definition) is 2. The van der Waals surface area contributed by atoms with Gasteiger partial charge in [-0.05, 0) is 25.1 Å². The van der Waals surface area contributed by atoms with Gasteiger partial charge in [0.15, 0.2) is 0 Å². The Bertz CT molecular complexity index is 326. The summed E-state index contributed by atoms with van der Waals surface area (Å²) in [5, 5.41) is 2.78. The first-order valence-corrected chi connectivity index (χ1v) is 4.90. The van der Waals surface area contributed by atoms with Crippen LogP contribution in [0.15, 0.2) is 24.3 Å². The minimum absolute atomic E-state index is 0.0197. The topological polar surface area (TPSA) is 64.3 Å².